The fourth-order valence-corrected chi connectivity index (χ4v) is 1.97. The highest BCUT2D eigenvalue weighted by molar-refractivity contribution is 8.14. The molecule has 6 nitrogen and oxygen atoms in total. The van der Waals surface area contributed by atoms with Crippen LogP contribution in [0, 0.1) is 0 Å². The lowest BCUT2D eigenvalue weighted by molar-refractivity contribution is -0.116. The van der Waals surface area contributed by atoms with Gasteiger partial charge in [-0.1, -0.05) is 18.3 Å². The largest absolute Gasteiger partial charge is 0.354 e. The van der Waals surface area contributed by atoms with Gasteiger partial charge in [0.15, 0.2) is 0 Å². The van der Waals surface area contributed by atoms with Crippen molar-refractivity contribution in [1.29, 1.82) is 0 Å². The van der Waals surface area contributed by atoms with Crippen LogP contribution in [0.5, 0.6) is 0 Å². The van der Waals surface area contributed by atoms with Gasteiger partial charge < -0.3 is 20.1 Å². The van der Waals surface area contributed by atoms with Gasteiger partial charge >= 0.3 is 0 Å². The van der Waals surface area contributed by atoms with Gasteiger partial charge in [-0.3, -0.25) is 9.59 Å². The lowest BCUT2D eigenvalue weighted by Gasteiger charge is -2.21. The van der Waals surface area contributed by atoms with Gasteiger partial charge in [-0.05, 0) is 6.08 Å². The van der Waals surface area contributed by atoms with E-state index in [1.165, 1.54) is 6.08 Å². The molecule has 0 radical (unpaired) electrons. The molecular formula is C10H16N2O4S. The molecule has 0 aliphatic carbocycles. The molecule has 1 fully saturated rings. The SMILES string of the molecule is C=CC(=O)NCCNC(=O)SC1COCOC1. The maximum Gasteiger partial charge on any atom is 0.279 e. The lowest BCUT2D eigenvalue weighted by atomic mass is 10.5. The maximum absolute atomic E-state index is 11.4. The second kappa shape index (κ2) is 8.10. The van der Waals surface area contributed by atoms with Crippen LogP contribution in [0.15, 0.2) is 12.7 Å². The van der Waals surface area contributed by atoms with Crippen LogP contribution < -0.4 is 10.6 Å². The molecule has 17 heavy (non-hydrogen) atoms. The molecule has 0 bridgehead atoms. The van der Waals surface area contributed by atoms with Crippen molar-refractivity contribution >= 4 is 22.9 Å². The zero-order valence-corrected chi connectivity index (χ0v) is 10.3. The van der Waals surface area contributed by atoms with E-state index < -0.39 is 0 Å². The molecule has 2 N–H and O–H groups in total. The molecule has 0 atom stereocenters. The van der Waals surface area contributed by atoms with Crippen LogP contribution in [0.1, 0.15) is 0 Å². The van der Waals surface area contributed by atoms with Crippen molar-refractivity contribution in [3.05, 3.63) is 12.7 Å². The number of thioether (sulfide) groups is 1. The lowest BCUT2D eigenvalue weighted by Crippen LogP contribution is -2.34. The monoisotopic (exact) mass is 260 g/mol. The standard InChI is InChI=1S/C10H16N2O4S/c1-2-9(13)11-3-4-12-10(14)17-8-5-15-7-16-6-8/h2,8H,1,3-7H2,(H,11,13)(H,12,14). The minimum Gasteiger partial charge on any atom is -0.354 e. The van der Waals surface area contributed by atoms with E-state index in [1.807, 2.05) is 0 Å². The molecular weight excluding hydrogens is 244 g/mol. The Morgan fingerprint density at radius 3 is 2.59 bits per heavy atom. The smallest absolute Gasteiger partial charge is 0.279 e. The Balaban J connectivity index is 2.04. The third kappa shape index (κ3) is 6.30. The average Bonchev–Trinajstić information content (AvgIpc) is 2.35. The Kier molecular flexibility index (Phi) is 6.68. The van der Waals surface area contributed by atoms with E-state index in [0.29, 0.717) is 33.1 Å². The number of rotatable bonds is 5. The average molecular weight is 260 g/mol. The van der Waals surface area contributed by atoms with Crippen LogP contribution in [-0.4, -0.2) is 49.5 Å². The van der Waals surface area contributed by atoms with Gasteiger partial charge in [0.1, 0.15) is 6.79 Å². The molecule has 1 aliphatic heterocycles. The Bertz CT molecular complexity index is 279. The summed E-state index contributed by atoms with van der Waals surface area (Å²) in [5.41, 5.74) is 0. The zero-order valence-electron chi connectivity index (χ0n) is 9.44. The molecule has 0 aromatic heterocycles. The summed E-state index contributed by atoms with van der Waals surface area (Å²) in [6, 6.07) is 0. The highest BCUT2D eigenvalue weighted by Crippen LogP contribution is 2.15. The number of hydrogen-bond donors (Lipinski definition) is 2. The van der Waals surface area contributed by atoms with Gasteiger partial charge in [0.05, 0.1) is 18.5 Å². The molecule has 0 saturated carbocycles. The summed E-state index contributed by atoms with van der Waals surface area (Å²) in [5, 5.41) is 5.13. The molecule has 1 aliphatic rings. The Morgan fingerprint density at radius 2 is 1.94 bits per heavy atom. The first-order chi connectivity index (χ1) is 8.22. The van der Waals surface area contributed by atoms with Crippen molar-refractivity contribution < 1.29 is 19.1 Å². The zero-order chi connectivity index (χ0) is 12.5. The number of carbonyl (C=O) groups excluding carboxylic acids is 2. The molecule has 96 valence electrons. The second-order valence-corrected chi connectivity index (χ2v) is 4.58. The predicted molar refractivity (Wildman–Crippen MR) is 64.8 cm³/mol. The van der Waals surface area contributed by atoms with Crippen LogP contribution in [0.25, 0.3) is 0 Å². The number of hydrogen-bond acceptors (Lipinski definition) is 5. The van der Waals surface area contributed by atoms with E-state index in [9.17, 15) is 9.59 Å². The van der Waals surface area contributed by atoms with E-state index in [0.717, 1.165) is 11.8 Å². The minimum atomic E-state index is -0.249. The van der Waals surface area contributed by atoms with Gasteiger partial charge in [-0.2, -0.15) is 0 Å². The van der Waals surface area contributed by atoms with Crippen molar-refractivity contribution in [2.75, 3.05) is 33.1 Å². The normalized spacial score (nSPS) is 16.2. The molecule has 1 saturated heterocycles. The highest BCUT2D eigenvalue weighted by atomic mass is 32.2. The van der Waals surface area contributed by atoms with Crippen molar-refractivity contribution in [2.24, 2.45) is 0 Å². The Hall–Kier alpha value is -1.05. The Labute approximate surface area is 104 Å². The van der Waals surface area contributed by atoms with Gasteiger partial charge in [-0.25, -0.2) is 0 Å². The third-order valence-electron chi connectivity index (χ3n) is 1.93. The maximum atomic E-state index is 11.4. The number of nitrogens with one attached hydrogen (secondary N) is 2. The van der Waals surface area contributed by atoms with Crippen LogP contribution >= 0.6 is 11.8 Å². The topological polar surface area (TPSA) is 76.7 Å². The van der Waals surface area contributed by atoms with E-state index in [1.54, 1.807) is 0 Å². The molecule has 0 aromatic carbocycles. The fourth-order valence-electron chi connectivity index (χ4n) is 1.15. The van der Waals surface area contributed by atoms with E-state index in [4.69, 9.17) is 9.47 Å². The molecule has 0 spiro atoms. The van der Waals surface area contributed by atoms with Gasteiger partial charge in [0.25, 0.3) is 5.24 Å². The number of amides is 2. The van der Waals surface area contributed by atoms with Crippen LogP contribution in [-0.2, 0) is 14.3 Å². The molecule has 1 heterocycles. The second-order valence-electron chi connectivity index (χ2n) is 3.31. The van der Waals surface area contributed by atoms with Gasteiger partial charge in [0, 0.05) is 13.1 Å². The summed E-state index contributed by atoms with van der Waals surface area (Å²) in [4.78, 5) is 22.2. The summed E-state index contributed by atoms with van der Waals surface area (Å²) >= 11 is 1.15. The summed E-state index contributed by atoms with van der Waals surface area (Å²) in [5.74, 6) is -0.249. The molecule has 1 rings (SSSR count). The van der Waals surface area contributed by atoms with Crippen molar-refractivity contribution in [2.45, 2.75) is 5.25 Å². The van der Waals surface area contributed by atoms with Crippen LogP contribution in [0.3, 0.4) is 0 Å². The number of carbonyl (C=O) groups is 2. The number of ether oxygens (including phenoxy) is 2. The van der Waals surface area contributed by atoms with Crippen molar-refractivity contribution in [1.82, 2.24) is 10.6 Å². The molecule has 2 amide bonds. The first-order valence-corrected chi connectivity index (χ1v) is 6.10. The van der Waals surface area contributed by atoms with E-state index in [2.05, 4.69) is 17.2 Å². The van der Waals surface area contributed by atoms with E-state index >= 15 is 0 Å². The highest BCUT2D eigenvalue weighted by Gasteiger charge is 2.18. The minimum absolute atomic E-state index is 0.0338. The van der Waals surface area contributed by atoms with Crippen molar-refractivity contribution in [3.63, 3.8) is 0 Å². The summed E-state index contributed by atoms with van der Waals surface area (Å²) in [6.45, 7) is 5.43. The first-order valence-electron chi connectivity index (χ1n) is 5.22. The predicted octanol–water partition coefficient (Wildman–Crippen LogP) is 0.104. The van der Waals surface area contributed by atoms with Crippen LogP contribution in [0.2, 0.25) is 0 Å². The third-order valence-corrected chi connectivity index (χ3v) is 2.89. The van der Waals surface area contributed by atoms with Gasteiger partial charge in [0.2, 0.25) is 5.91 Å². The summed E-state index contributed by atoms with van der Waals surface area (Å²) < 4.78 is 10.1. The van der Waals surface area contributed by atoms with Crippen molar-refractivity contribution in [3.8, 4) is 0 Å². The molecule has 0 unspecified atom stereocenters. The summed E-state index contributed by atoms with van der Waals surface area (Å²) in [7, 11) is 0. The van der Waals surface area contributed by atoms with E-state index in [-0.39, 0.29) is 16.4 Å². The quantitative estimate of drug-likeness (QED) is 0.542. The first kappa shape index (κ1) is 14.0. The fraction of sp³-hybridized carbons (Fsp3) is 0.600. The molecule has 7 heteroatoms. The van der Waals surface area contributed by atoms with Gasteiger partial charge in [-0.15, -0.1) is 0 Å². The Morgan fingerprint density at radius 1 is 1.29 bits per heavy atom. The molecule has 0 aromatic rings. The van der Waals surface area contributed by atoms with Crippen LogP contribution in [0.4, 0.5) is 4.79 Å². The summed E-state index contributed by atoms with van der Waals surface area (Å²) in [6.07, 6.45) is 1.19.